The molecule has 2 atom stereocenters. The van der Waals surface area contributed by atoms with Gasteiger partial charge in [-0.2, -0.15) is 0 Å². The molecule has 1 aliphatic heterocycles. The number of halogens is 2. The summed E-state index contributed by atoms with van der Waals surface area (Å²) in [6.07, 6.45) is -4.84. The van der Waals surface area contributed by atoms with Gasteiger partial charge in [0.25, 0.3) is 0 Å². The number of carbonyl (C=O) groups is 2. The first-order valence-electron chi connectivity index (χ1n) is 2.16. The summed E-state index contributed by atoms with van der Waals surface area (Å²) in [7, 11) is 0. The second-order valence-corrected chi connectivity index (χ2v) is 1.54. The predicted octanol–water partition coefficient (Wildman–Crippen LogP) is -0.254. The van der Waals surface area contributed by atoms with Crippen molar-refractivity contribution in [2.75, 3.05) is 0 Å². The van der Waals surface area contributed by atoms with E-state index >= 15 is 0 Å². The van der Waals surface area contributed by atoms with Crippen molar-refractivity contribution in [3.05, 3.63) is 0 Å². The standard InChI is InChI=1S/C4H2F2O3/c5-1-2(6)4(8)9-3(1)7/h1-2H/t1-,2+. The van der Waals surface area contributed by atoms with E-state index in [0.29, 0.717) is 0 Å². The van der Waals surface area contributed by atoms with Gasteiger partial charge in [0.1, 0.15) is 0 Å². The lowest BCUT2D eigenvalue weighted by atomic mass is 10.3. The van der Waals surface area contributed by atoms with Gasteiger partial charge < -0.3 is 4.74 Å². The molecule has 1 fully saturated rings. The number of ether oxygens (including phenoxy) is 1. The molecule has 0 radical (unpaired) electrons. The lowest BCUT2D eigenvalue weighted by Crippen LogP contribution is -2.19. The van der Waals surface area contributed by atoms with E-state index in [1.54, 1.807) is 0 Å². The van der Waals surface area contributed by atoms with Crippen LogP contribution in [0.1, 0.15) is 0 Å². The quantitative estimate of drug-likeness (QED) is 0.340. The molecule has 1 heterocycles. The molecule has 0 aromatic carbocycles. The molecule has 3 nitrogen and oxygen atoms in total. The lowest BCUT2D eigenvalue weighted by molar-refractivity contribution is -0.154. The molecule has 9 heavy (non-hydrogen) atoms. The summed E-state index contributed by atoms with van der Waals surface area (Å²) in [6.45, 7) is 0. The van der Waals surface area contributed by atoms with Gasteiger partial charge in [-0.1, -0.05) is 0 Å². The molecule has 1 aliphatic rings. The van der Waals surface area contributed by atoms with Crippen molar-refractivity contribution in [3.8, 4) is 0 Å². The fourth-order valence-corrected chi connectivity index (χ4v) is 0.451. The van der Waals surface area contributed by atoms with Gasteiger partial charge >= 0.3 is 11.9 Å². The van der Waals surface area contributed by atoms with Crippen LogP contribution in [0.5, 0.6) is 0 Å². The molecule has 0 amide bonds. The molecule has 0 bridgehead atoms. The van der Waals surface area contributed by atoms with Crippen molar-refractivity contribution >= 4 is 11.9 Å². The number of hydrogen-bond donors (Lipinski definition) is 0. The van der Waals surface area contributed by atoms with Crippen LogP contribution < -0.4 is 0 Å². The van der Waals surface area contributed by atoms with Crippen molar-refractivity contribution in [1.82, 2.24) is 0 Å². The zero-order valence-electron chi connectivity index (χ0n) is 4.14. The highest BCUT2D eigenvalue weighted by Crippen LogP contribution is 2.15. The van der Waals surface area contributed by atoms with Gasteiger partial charge in [-0.05, 0) is 0 Å². The van der Waals surface area contributed by atoms with Crippen LogP contribution in [0.3, 0.4) is 0 Å². The van der Waals surface area contributed by atoms with E-state index in [-0.39, 0.29) is 0 Å². The third-order valence-corrected chi connectivity index (χ3v) is 0.908. The lowest BCUT2D eigenvalue weighted by Gasteiger charge is -1.88. The van der Waals surface area contributed by atoms with Crippen LogP contribution in [0.4, 0.5) is 8.78 Å². The molecule has 0 aliphatic carbocycles. The Morgan fingerprint density at radius 1 is 1.11 bits per heavy atom. The fraction of sp³-hybridized carbons (Fsp3) is 0.500. The summed E-state index contributed by atoms with van der Waals surface area (Å²) in [4.78, 5) is 19.9. The van der Waals surface area contributed by atoms with Crippen LogP contribution in [0.2, 0.25) is 0 Å². The number of rotatable bonds is 0. The molecule has 0 aromatic rings. The number of carbonyl (C=O) groups excluding carboxylic acids is 2. The first kappa shape index (κ1) is 6.12. The Morgan fingerprint density at radius 3 is 1.56 bits per heavy atom. The largest absolute Gasteiger partial charge is 0.389 e. The Bertz CT molecular complexity index is 149. The molecule has 50 valence electrons. The smallest absolute Gasteiger partial charge is 0.352 e. The Morgan fingerprint density at radius 2 is 1.44 bits per heavy atom. The summed E-state index contributed by atoms with van der Waals surface area (Å²) in [5.41, 5.74) is 0. The summed E-state index contributed by atoms with van der Waals surface area (Å²) in [5.74, 6) is -2.87. The molecular weight excluding hydrogens is 134 g/mol. The molecule has 0 spiro atoms. The van der Waals surface area contributed by atoms with E-state index in [0.717, 1.165) is 0 Å². The average molecular weight is 136 g/mol. The fourth-order valence-electron chi connectivity index (χ4n) is 0.451. The van der Waals surface area contributed by atoms with Crippen LogP contribution in [0, 0.1) is 0 Å². The minimum Gasteiger partial charge on any atom is -0.389 e. The second-order valence-electron chi connectivity index (χ2n) is 1.54. The summed E-state index contributed by atoms with van der Waals surface area (Å²) in [5, 5.41) is 0. The van der Waals surface area contributed by atoms with E-state index in [9.17, 15) is 18.4 Å². The van der Waals surface area contributed by atoms with Gasteiger partial charge in [0.05, 0.1) is 0 Å². The predicted molar refractivity (Wildman–Crippen MR) is 20.9 cm³/mol. The maximum absolute atomic E-state index is 11.9. The molecular formula is C4H2F2O3. The highest BCUT2D eigenvalue weighted by atomic mass is 19.2. The van der Waals surface area contributed by atoms with Crippen molar-refractivity contribution in [1.29, 1.82) is 0 Å². The maximum Gasteiger partial charge on any atom is 0.352 e. The Balaban J connectivity index is 2.77. The van der Waals surface area contributed by atoms with Crippen LogP contribution in [-0.4, -0.2) is 24.3 Å². The monoisotopic (exact) mass is 136 g/mol. The highest BCUT2D eigenvalue weighted by Gasteiger charge is 2.45. The summed E-state index contributed by atoms with van der Waals surface area (Å²) >= 11 is 0. The normalized spacial score (nSPS) is 34.9. The third-order valence-electron chi connectivity index (χ3n) is 0.908. The first-order chi connectivity index (χ1) is 4.13. The maximum atomic E-state index is 11.9. The van der Waals surface area contributed by atoms with Crippen LogP contribution in [0.25, 0.3) is 0 Å². The van der Waals surface area contributed by atoms with Crippen LogP contribution in [0.15, 0.2) is 0 Å². The molecule has 0 unspecified atom stereocenters. The zero-order chi connectivity index (χ0) is 7.02. The minimum absolute atomic E-state index is 1.44. The molecule has 0 saturated carbocycles. The van der Waals surface area contributed by atoms with Gasteiger partial charge in [-0.3, -0.25) is 0 Å². The summed E-state index contributed by atoms with van der Waals surface area (Å²) < 4.78 is 27.3. The highest BCUT2D eigenvalue weighted by molar-refractivity contribution is 5.99. The molecule has 0 aromatic heterocycles. The van der Waals surface area contributed by atoms with Gasteiger partial charge in [0.15, 0.2) is 0 Å². The van der Waals surface area contributed by atoms with Crippen molar-refractivity contribution in [2.24, 2.45) is 0 Å². The van der Waals surface area contributed by atoms with Crippen LogP contribution >= 0.6 is 0 Å². The minimum atomic E-state index is -2.42. The van der Waals surface area contributed by atoms with Gasteiger partial charge in [-0.15, -0.1) is 0 Å². The SMILES string of the molecule is O=C1OC(=O)[C@H](F)[C@@H]1F. The van der Waals surface area contributed by atoms with Crippen LogP contribution in [-0.2, 0) is 14.3 Å². The Hall–Kier alpha value is -1.00. The number of esters is 2. The first-order valence-corrected chi connectivity index (χ1v) is 2.16. The zero-order valence-corrected chi connectivity index (χ0v) is 4.14. The van der Waals surface area contributed by atoms with Crippen molar-refractivity contribution in [2.45, 2.75) is 12.3 Å². The van der Waals surface area contributed by atoms with Gasteiger partial charge in [-0.25, -0.2) is 18.4 Å². The summed E-state index contributed by atoms with van der Waals surface area (Å²) in [6, 6.07) is 0. The Labute approximate surface area is 48.6 Å². The average Bonchev–Trinajstić information content (AvgIpc) is 1.98. The van der Waals surface area contributed by atoms with E-state index in [4.69, 9.17) is 0 Å². The van der Waals surface area contributed by atoms with Gasteiger partial charge in [0, 0.05) is 0 Å². The van der Waals surface area contributed by atoms with Crippen molar-refractivity contribution in [3.63, 3.8) is 0 Å². The third kappa shape index (κ3) is 0.778. The van der Waals surface area contributed by atoms with Gasteiger partial charge in [0.2, 0.25) is 12.3 Å². The number of hydrogen-bond acceptors (Lipinski definition) is 3. The van der Waals surface area contributed by atoms with E-state index in [1.807, 2.05) is 0 Å². The molecule has 5 heteroatoms. The number of cyclic esters (lactones) is 2. The van der Waals surface area contributed by atoms with E-state index in [1.165, 1.54) is 0 Å². The topological polar surface area (TPSA) is 43.4 Å². The Kier molecular flexibility index (Phi) is 1.19. The number of alkyl halides is 2. The molecule has 1 saturated heterocycles. The van der Waals surface area contributed by atoms with Crippen molar-refractivity contribution < 1.29 is 23.1 Å². The molecule has 1 rings (SSSR count). The second kappa shape index (κ2) is 1.75. The van der Waals surface area contributed by atoms with E-state index < -0.39 is 24.3 Å². The van der Waals surface area contributed by atoms with E-state index in [2.05, 4.69) is 4.74 Å². The molecule has 0 N–H and O–H groups in total.